The molecule has 0 aromatic rings. The van der Waals surface area contributed by atoms with Gasteiger partial charge in [0.1, 0.15) is 6.04 Å². The second kappa shape index (κ2) is 13.4. The Morgan fingerprint density at radius 3 is 1.84 bits per heavy atom. The van der Waals surface area contributed by atoms with Gasteiger partial charge in [-0.25, -0.2) is 4.79 Å². The molecule has 3 atom stereocenters. The fourth-order valence-electron chi connectivity index (χ4n) is 3.16. The molecule has 182 valence electrons. The molecular formula is C22H43N3O6. The van der Waals surface area contributed by atoms with E-state index in [9.17, 15) is 24.3 Å². The number of hydrogen-bond acceptors (Lipinski definition) is 6. The molecule has 0 aromatic heterocycles. The third-order valence-corrected chi connectivity index (χ3v) is 4.46. The van der Waals surface area contributed by atoms with Crippen molar-refractivity contribution in [2.75, 3.05) is 6.54 Å². The minimum Gasteiger partial charge on any atom is -0.481 e. The van der Waals surface area contributed by atoms with Crippen molar-refractivity contribution in [1.82, 2.24) is 10.6 Å². The zero-order valence-electron chi connectivity index (χ0n) is 19.1. The summed E-state index contributed by atoms with van der Waals surface area (Å²) in [5, 5.41) is 24.0. The predicted octanol–water partition coefficient (Wildman–Crippen LogP) is 2.17. The average Bonchev–Trinajstić information content (AvgIpc) is 2.57. The number of carbonyl (C=O) groups excluding carboxylic acids is 2. The maximum atomic E-state index is 12.7. The Balaban J connectivity index is 0. The number of rotatable bonds is 13. The molecule has 0 bridgehead atoms. The van der Waals surface area contributed by atoms with Crippen LogP contribution in [0.15, 0.2) is 0 Å². The third-order valence-electron chi connectivity index (χ3n) is 4.46. The Labute approximate surface area is 186 Å². The van der Waals surface area contributed by atoms with Crippen molar-refractivity contribution >= 4 is 23.6 Å². The molecule has 6 N–H and O–H groups in total. The fraction of sp³-hybridized carbons (Fsp3) is 0.818. The summed E-state index contributed by atoms with van der Waals surface area (Å²) in [6.07, 6.45) is 0.238. The number of carbonyl (C=O) groups is 4. The standard InChI is InChI=1S/C21H39N3O6.CH4/c1-20(2,3)11-13(7-10-17(26)27)18(28)23-14(19(29)30)8-9-16(25)15(12-22)24-21(4,5)6;/h13-15,24H,7-12,22H2,1-6H3,(H,23,28)(H,26,27)(H,29,30);1H4/t13-,14?,15+;/m1./s1. The highest BCUT2D eigenvalue weighted by atomic mass is 16.4. The number of amides is 1. The number of Topliss-reactive ketones (excluding diaryl/α,β-unsaturated/α-hetero) is 1. The van der Waals surface area contributed by atoms with E-state index in [0.717, 1.165) is 0 Å². The van der Waals surface area contributed by atoms with E-state index >= 15 is 0 Å². The first-order valence-electron chi connectivity index (χ1n) is 10.3. The summed E-state index contributed by atoms with van der Waals surface area (Å²) in [6.45, 7) is 11.6. The van der Waals surface area contributed by atoms with E-state index in [1.807, 2.05) is 41.5 Å². The molecule has 0 saturated carbocycles. The molecule has 0 rings (SSSR count). The molecule has 0 aliphatic rings. The quantitative estimate of drug-likeness (QED) is 0.288. The lowest BCUT2D eigenvalue weighted by Gasteiger charge is -2.28. The predicted molar refractivity (Wildman–Crippen MR) is 121 cm³/mol. The van der Waals surface area contributed by atoms with Gasteiger partial charge in [-0.3, -0.25) is 14.4 Å². The number of aliphatic carboxylic acids is 2. The van der Waals surface area contributed by atoms with Gasteiger partial charge in [0.2, 0.25) is 5.91 Å². The van der Waals surface area contributed by atoms with Gasteiger partial charge in [0.05, 0.1) is 6.04 Å². The second-order valence-corrected chi connectivity index (χ2v) is 9.98. The molecule has 0 aromatic carbocycles. The van der Waals surface area contributed by atoms with Gasteiger partial charge < -0.3 is 26.6 Å². The van der Waals surface area contributed by atoms with Gasteiger partial charge in [-0.2, -0.15) is 0 Å². The van der Waals surface area contributed by atoms with Crippen LogP contribution in [0.2, 0.25) is 0 Å². The van der Waals surface area contributed by atoms with E-state index < -0.39 is 35.8 Å². The van der Waals surface area contributed by atoms with Crippen molar-refractivity contribution in [2.45, 2.75) is 98.7 Å². The molecule has 0 saturated heterocycles. The Kier molecular flexibility index (Phi) is 13.5. The Morgan fingerprint density at radius 1 is 0.903 bits per heavy atom. The summed E-state index contributed by atoms with van der Waals surface area (Å²) < 4.78 is 0. The number of carboxylic acids is 2. The topological polar surface area (TPSA) is 159 Å². The molecule has 9 heteroatoms. The summed E-state index contributed by atoms with van der Waals surface area (Å²) in [5.74, 6) is -3.60. The van der Waals surface area contributed by atoms with Crippen molar-refractivity contribution in [3.63, 3.8) is 0 Å². The van der Waals surface area contributed by atoms with Crippen molar-refractivity contribution in [3.8, 4) is 0 Å². The number of carboxylic acid groups (broad SMARTS) is 2. The van der Waals surface area contributed by atoms with Crippen LogP contribution in [0.25, 0.3) is 0 Å². The summed E-state index contributed by atoms with van der Waals surface area (Å²) >= 11 is 0. The first-order valence-corrected chi connectivity index (χ1v) is 10.3. The van der Waals surface area contributed by atoms with Crippen LogP contribution in [0.1, 0.15) is 81.1 Å². The molecule has 31 heavy (non-hydrogen) atoms. The molecule has 0 aliphatic heterocycles. The Bertz CT molecular complexity index is 607. The number of nitrogens with two attached hydrogens (primary N) is 1. The maximum absolute atomic E-state index is 12.7. The van der Waals surface area contributed by atoms with Crippen LogP contribution in [-0.4, -0.2) is 58.0 Å². The zero-order valence-corrected chi connectivity index (χ0v) is 19.1. The summed E-state index contributed by atoms with van der Waals surface area (Å²) in [7, 11) is 0. The van der Waals surface area contributed by atoms with Crippen molar-refractivity contribution in [3.05, 3.63) is 0 Å². The van der Waals surface area contributed by atoms with Gasteiger partial charge in [-0.05, 0) is 45.4 Å². The highest BCUT2D eigenvalue weighted by Gasteiger charge is 2.30. The number of nitrogens with one attached hydrogen (secondary N) is 2. The molecule has 0 fully saturated rings. The van der Waals surface area contributed by atoms with Crippen LogP contribution in [0, 0.1) is 11.3 Å². The van der Waals surface area contributed by atoms with E-state index in [0.29, 0.717) is 6.42 Å². The highest BCUT2D eigenvalue weighted by molar-refractivity contribution is 5.87. The van der Waals surface area contributed by atoms with Crippen LogP contribution in [-0.2, 0) is 19.2 Å². The van der Waals surface area contributed by atoms with Gasteiger partial charge in [0.25, 0.3) is 0 Å². The minimum atomic E-state index is -1.24. The van der Waals surface area contributed by atoms with Crippen LogP contribution in [0.5, 0.6) is 0 Å². The molecular weight excluding hydrogens is 402 g/mol. The molecule has 0 aliphatic carbocycles. The number of ketones is 1. The summed E-state index contributed by atoms with van der Waals surface area (Å²) in [6, 6.07) is -1.83. The lowest BCUT2D eigenvalue weighted by molar-refractivity contribution is -0.143. The molecule has 0 spiro atoms. The molecule has 0 heterocycles. The van der Waals surface area contributed by atoms with Crippen LogP contribution >= 0.6 is 0 Å². The van der Waals surface area contributed by atoms with Crippen molar-refractivity contribution in [1.29, 1.82) is 0 Å². The lowest BCUT2D eigenvalue weighted by Crippen LogP contribution is -2.52. The average molecular weight is 446 g/mol. The van der Waals surface area contributed by atoms with Gasteiger partial charge in [-0.1, -0.05) is 28.2 Å². The maximum Gasteiger partial charge on any atom is 0.326 e. The smallest absolute Gasteiger partial charge is 0.326 e. The molecule has 0 radical (unpaired) electrons. The largest absolute Gasteiger partial charge is 0.481 e. The molecule has 1 amide bonds. The van der Waals surface area contributed by atoms with E-state index in [1.165, 1.54) is 0 Å². The normalized spacial score (nSPS) is 14.7. The first-order chi connectivity index (χ1) is 13.6. The fourth-order valence-corrected chi connectivity index (χ4v) is 3.16. The second-order valence-electron chi connectivity index (χ2n) is 9.98. The van der Waals surface area contributed by atoms with Crippen molar-refractivity contribution < 1.29 is 29.4 Å². The SMILES string of the molecule is C.CC(C)(C)C[C@@H](CCC(=O)O)C(=O)NC(CCC(=O)[C@H](CN)NC(C)(C)C)C(=O)O. The summed E-state index contributed by atoms with van der Waals surface area (Å²) in [5.41, 5.74) is 5.10. The molecule has 9 nitrogen and oxygen atoms in total. The minimum absolute atomic E-state index is 0. The summed E-state index contributed by atoms with van der Waals surface area (Å²) in [4.78, 5) is 47.7. The van der Waals surface area contributed by atoms with Gasteiger partial charge in [-0.15, -0.1) is 0 Å². The van der Waals surface area contributed by atoms with Crippen LogP contribution in [0.4, 0.5) is 0 Å². The Morgan fingerprint density at radius 2 is 1.45 bits per heavy atom. The number of hydrogen-bond donors (Lipinski definition) is 5. The van der Waals surface area contributed by atoms with Gasteiger partial charge in [0, 0.05) is 30.8 Å². The Hall–Kier alpha value is -2.00. The van der Waals surface area contributed by atoms with Gasteiger partial charge in [0.15, 0.2) is 5.78 Å². The van der Waals surface area contributed by atoms with Gasteiger partial charge >= 0.3 is 11.9 Å². The monoisotopic (exact) mass is 445 g/mol. The van der Waals surface area contributed by atoms with E-state index in [1.54, 1.807) is 0 Å². The first kappa shape index (κ1) is 31.2. The lowest BCUT2D eigenvalue weighted by atomic mass is 9.82. The zero-order chi connectivity index (χ0) is 23.7. The highest BCUT2D eigenvalue weighted by Crippen LogP contribution is 2.27. The molecule has 1 unspecified atom stereocenters. The van der Waals surface area contributed by atoms with E-state index in [4.69, 9.17) is 10.8 Å². The third kappa shape index (κ3) is 14.6. The van der Waals surface area contributed by atoms with E-state index in [-0.39, 0.29) is 56.4 Å². The van der Waals surface area contributed by atoms with Crippen LogP contribution in [0.3, 0.4) is 0 Å². The van der Waals surface area contributed by atoms with Crippen molar-refractivity contribution in [2.24, 2.45) is 17.1 Å². The van der Waals surface area contributed by atoms with E-state index in [2.05, 4.69) is 10.6 Å². The van der Waals surface area contributed by atoms with Crippen LogP contribution < -0.4 is 16.4 Å².